The van der Waals surface area contributed by atoms with Crippen molar-refractivity contribution in [2.75, 3.05) is 13.1 Å². The van der Waals surface area contributed by atoms with E-state index in [0.29, 0.717) is 0 Å². The Kier molecular flexibility index (Phi) is 15.2. The van der Waals surface area contributed by atoms with E-state index >= 15 is 0 Å². The molecular weight excluding hydrogens is 366 g/mol. The van der Waals surface area contributed by atoms with Gasteiger partial charge < -0.3 is 36.3 Å². The molecule has 0 amide bonds. The van der Waals surface area contributed by atoms with Crippen LogP contribution < -0.4 is 36.3 Å². The Bertz CT molecular complexity index is 71.0. The van der Waals surface area contributed by atoms with E-state index in [0.717, 1.165) is 24.9 Å². The van der Waals surface area contributed by atoms with Crippen molar-refractivity contribution in [3.63, 3.8) is 0 Å². The van der Waals surface area contributed by atoms with E-state index in [4.69, 9.17) is 11.5 Å². The first-order valence-corrected chi connectivity index (χ1v) is 3.28. The third-order valence-electron chi connectivity index (χ3n) is 2.18. The summed E-state index contributed by atoms with van der Waals surface area (Å²) in [5.74, 6) is 1.50. The number of hydrogen-bond acceptors (Lipinski definition) is 2. The minimum Gasteiger partial charge on any atom is -1.00 e. The van der Waals surface area contributed by atoms with Crippen molar-refractivity contribution in [3.05, 3.63) is 0 Å². The summed E-state index contributed by atoms with van der Waals surface area (Å²) in [5.41, 5.74) is 10.9. The Morgan fingerprint density at radius 1 is 0.909 bits per heavy atom. The van der Waals surface area contributed by atoms with Crippen LogP contribution in [0.15, 0.2) is 0 Å². The predicted octanol–water partition coefficient (Wildman–Crippen LogP) is -6.06. The largest absolute Gasteiger partial charge is 2.00 e. The molecule has 0 saturated heterocycles. The standard InChI is InChI=1S/C6H14N2.2ClH.Pt/c7-3-5-1-2-6(5)4-8;;;/h5-6H,1-4,7-8H2;2*1H;/q;;;+2/p-2/t5-,6-;;;/m0.../s1. The molecule has 72 valence electrons. The first-order valence-electron chi connectivity index (χ1n) is 3.28. The molecule has 11 heavy (non-hydrogen) atoms. The second-order valence-electron chi connectivity index (χ2n) is 2.57. The van der Waals surface area contributed by atoms with Crippen molar-refractivity contribution < 1.29 is 45.9 Å². The van der Waals surface area contributed by atoms with Gasteiger partial charge in [-0.25, -0.2) is 0 Å². The van der Waals surface area contributed by atoms with Crippen LogP contribution in [0.1, 0.15) is 12.8 Å². The third-order valence-corrected chi connectivity index (χ3v) is 2.18. The van der Waals surface area contributed by atoms with Crippen LogP contribution in [0.2, 0.25) is 0 Å². The molecule has 0 heterocycles. The molecule has 0 radical (unpaired) electrons. The van der Waals surface area contributed by atoms with Crippen molar-refractivity contribution in [1.82, 2.24) is 0 Å². The molecule has 2 atom stereocenters. The normalized spacial score (nSPS) is 26.7. The fourth-order valence-corrected chi connectivity index (χ4v) is 1.26. The van der Waals surface area contributed by atoms with Crippen LogP contribution >= 0.6 is 0 Å². The Labute approximate surface area is 94.9 Å². The number of halogens is 2. The number of nitrogens with two attached hydrogens (primary N) is 2. The van der Waals surface area contributed by atoms with Gasteiger partial charge in [-0.1, -0.05) is 0 Å². The van der Waals surface area contributed by atoms with Gasteiger partial charge in [0.25, 0.3) is 0 Å². The fraction of sp³-hybridized carbons (Fsp3) is 1.00. The van der Waals surface area contributed by atoms with E-state index in [2.05, 4.69) is 0 Å². The average Bonchev–Trinajstić information content (AvgIpc) is 1.66. The van der Waals surface area contributed by atoms with Crippen molar-refractivity contribution in [2.24, 2.45) is 23.3 Å². The van der Waals surface area contributed by atoms with E-state index in [1.165, 1.54) is 12.8 Å². The quantitative estimate of drug-likeness (QED) is 0.501. The molecule has 1 saturated carbocycles. The summed E-state index contributed by atoms with van der Waals surface area (Å²) in [6.45, 7) is 1.67. The summed E-state index contributed by atoms with van der Waals surface area (Å²) in [5, 5.41) is 0. The van der Waals surface area contributed by atoms with E-state index in [1.54, 1.807) is 0 Å². The summed E-state index contributed by atoms with van der Waals surface area (Å²) >= 11 is 0. The molecule has 1 fully saturated rings. The monoisotopic (exact) mass is 379 g/mol. The fourth-order valence-electron chi connectivity index (χ4n) is 1.26. The summed E-state index contributed by atoms with van der Waals surface area (Å²) in [7, 11) is 0. The Hall–Kier alpha value is 1.19. The molecule has 5 heteroatoms. The van der Waals surface area contributed by atoms with Gasteiger partial charge in [0.2, 0.25) is 0 Å². The molecule has 1 rings (SSSR count). The summed E-state index contributed by atoms with van der Waals surface area (Å²) in [4.78, 5) is 0. The summed E-state index contributed by atoms with van der Waals surface area (Å²) in [6.07, 6.45) is 2.61. The first-order chi connectivity index (χ1) is 3.88. The smallest absolute Gasteiger partial charge is 1.00 e. The van der Waals surface area contributed by atoms with Crippen molar-refractivity contribution in [1.29, 1.82) is 0 Å². The van der Waals surface area contributed by atoms with Gasteiger partial charge in [0.1, 0.15) is 0 Å². The van der Waals surface area contributed by atoms with Gasteiger partial charge in [-0.05, 0) is 37.8 Å². The second-order valence-corrected chi connectivity index (χ2v) is 2.57. The third kappa shape index (κ3) is 4.69. The number of hydrogen-bond donors (Lipinski definition) is 2. The van der Waals surface area contributed by atoms with Gasteiger partial charge in [-0.2, -0.15) is 0 Å². The molecule has 1 aliphatic rings. The Morgan fingerprint density at radius 3 is 1.27 bits per heavy atom. The molecule has 0 aliphatic heterocycles. The van der Waals surface area contributed by atoms with Gasteiger partial charge >= 0.3 is 21.1 Å². The van der Waals surface area contributed by atoms with Gasteiger partial charge in [0, 0.05) is 0 Å². The zero-order chi connectivity index (χ0) is 5.98. The van der Waals surface area contributed by atoms with Gasteiger partial charge in [-0.3, -0.25) is 0 Å². The molecule has 0 unspecified atom stereocenters. The van der Waals surface area contributed by atoms with Crippen molar-refractivity contribution >= 4 is 0 Å². The summed E-state index contributed by atoms with van der Waals surface area (Å²) < 4.78 is 0. The van der Waals surface area contributed by atoms with Crippen LogP contribution in [-0.4, -0.2) is 13.1 Å². The van der Waals surface area contributed by atoms with Crippen LogP contribution in [0.3, 0.4) is 0 Å². The molecule has 1 aliphatic carbocycles. The first kappa shape index (κ1) is 18.1. The van der Waals surface area contributed by atoms with Crippen LogP contribution in [0.25, 0.3) is 0 Å². The molecule has 4 N–H and O–H groups in total. The van der Waals surface area contributed by atoms with Gasteiger partial charge in [0.05, 0.1) is 0 Å². The SMILES string of the molecule is NC[C@@H]1CC[C@H]1CN.[Cl-].[Cl-].[Pt+2]. The molecule has 0 aromatic rings. The minimum atomic E-state index is 0. The molecule has 0 spiro atoms. The molecule has 0 aromatic heterocycles. The van der Waals surface area contributed by atoms with Gasteiger partial charge in [0.15, 0.2) is 0 Å². The minimum absolute atomic E-state index is 0. The summed E-state index contributed by atoms with van der Waals surface area (Å²) in [6, 6.07) is 0. The molecular formula is C6H14Cl2N2Pt. The zero-order valence-corrected chi connectivity index (χ0v) is 9.99. The van der Waals surface area contributed by atoms with E-state index in [9.17, 15) is 0 Å². The maximum absolute atomic E-state index is 5.44. The van der Waals surface area contributed by atoms with Crippen LogP contribution in [0.5, 0.6) is 0 Å². The maximum atomic E-state index is 5.44. The van der Waals surface area contributed by atoms with E-state index in [-0.39, 0.29) is 45.9 Å². The number of rotatable bonds is 2. The van der Waals surface area contributed by atoms with E-state index in [1.807, 2.05) is 0 Å². The van der Waals surface area contributed by atoms with E-state index < -0.39 is 0 Å². The van der Waals surface area contributed by atoms with Crippen LogP contribution in [0, 0.1) is 11.8 Å². The van der Waals surface area contributed by atoms with Crippen molar-refractivity contribution in [2.45, 2.75) is 12.8 Å². The topological polar surface area (TPSA) is 52.0 Å². The zero-order valence-electron chi connectivity index (χ0n) is 6.21. The predicted molar refractivity (Wildman–Crippen MR) is 34.3 cm³/mol. The van der Waals surface area contributed by atoms with Crippen LogP contribution in [-0.2, 0) is 21.1 Å². The maximum Gasteiger partial charge on any atom is 2.00 e. The van der Waals surface area contributed by atoms with Gasteiger partial charge in [-0.15, -0.1) is 0 Å². The molecule has 0 aromatic carbocycles. The Balaban J connectivity index is -0.000000213. The van der Waals surface area contributed by atoms with Crippen LogP contribution in [0.4, 0.5) is 0 Å². The average molecular weight is 380 g/mol. The molecule has 0 bridgehead atoms. The van der Waals surface area contributed by atoms with Crippen molar-refractivity contribution in [3.8, 4) is 0 Å². The molecule has 2 nitrogen and oxygen atoms in total. The second kappa shape index (κ2) is 9.28. The Morgan fingerprint density at radius 2 is 1.18 bits per heavy atom.